The van der Waals surface area contributed by atoms with E-state index in [2.05, 4.69) is 11.8 Å². The van der Waals surface area contributed by atoms with Crippen LogP contribution in [0.1, 0.15) is 23.6 Å². The van der Waals surface area contributed by atoms with Crippen molar-refractivity contribution in [3.8, 4) is 11.8 Å². The molecule has 2 aromatic carbocycles. The summed E-state index contributed by atoms with van der Waals surface area (Å²) in [7, 11) is 0. The standard InChI is InChI=1S/C17H16O/c1-14-7-6-10-16(13-14)17(2,18)12-11-15-8-4-3-5-9-15/h3-10,13,18H,1-2H3. The zero-order valence-electron chi connectivity index (χ0n) is 10.6. The zero-order chi connectivity index (χ0) is 13.0. The Morgan fingerprint density at radius 2 is 1.72 bits per heavy atom. The highest BCUT2D eigenvalue weighted by atomic mass is 16.3. The van der Waals surface area contributed by atoms with Crippen molar-refractivity contribution in [3.05, 3.63) is 71.3 Å². The van der Waals surface area contributed by atoms with Gasteiger partial charge in [-0.2, -0.15) is 0 Å². The molecular weight excluding hydrogens is 220 g/mol. The Hall–Kier alpha value is -2.04. The monoisotopic (exact) mass is 236 g/mol. The van der Waals surface area contributed by atoms with Crippen molar-refractivity contribution >= 4 is 0 Å². The smallest absolute Gasteiger partial charge is 0.148 e. The molecule has 0 heterocycles. The lowest BCUT2D eigenvalue weighted by Crippen LogP contribution is -2.18. The van der Waals surface area contributed by atoms with Crippen LogP contribution in [0.2, 0.25) is 0 Å². The Bertz CT molecular complexity index is 586. The number of aryl methyl sites for hydroxylation is 1. The van der Waals surface area contributed by atoms with E-state index in [0.29, 0.717) is 0 Å². The predicted octanol–water partition coefficient (Wildman–Crippen LogP) is 3.25. The van der Waals surface area contributed by atoms with Gasteiger partial charge >= 0.3 is 0 Å². The summed E-state index contributed by atoms with van der Waals surface area (Å²) in [5.74, 6) is 5.93. The molecule has 1 nitrogen and oxygen atoms in total. The molecule has 90 valence electrons. The fourth-order valence-electron chi connectivity index (χ4n) is 1.74. The molecule has 0 amide bonds. The van der Waals surface area contributed by atoms with Crippen molar-refractivity contribution in [3.63, 3.8) is 0 Å². The Labute approximate surface area is 108 Å². The van der Waals surface area contributed by atoms with E-state index < -0.39 is 5.60 Å². The van der Waals surface area contributed by atoms with Gasteiger partial charge in [0.1, 0.15) is 5.60 Å². The normalized spacial score (nSPS) is 13.3. The molecule has 0 fully saturated rings. The van der Waals surface area contributed by atoms with E-state index in [9.17, 15) is 5.11 Å². The van der Waals surface area contributed by atoms with Gasteiger partial charge in [-0.15, -0.1) is 0 Å². The summed E-state index contributed by atoms with van der Waals surface area (Å²) >= 11 is 0. The fraction of sp³-hybridized carbons (Fsp3) is 0.176. The second kappa shape index (κ2) is 5.08. The molecular formula is C17H16O. The van der Waals surface area contributed by atoms with Crippen LogP contribution in [-0.4, -0.2) is 5.11 Å². The summed E-state index contributed by atoms with van der Waals surface area (Å²) in [6.07, 6.45) is 0. The first-order chi connectivity index (χ1) is 8.58. The van der Waals surface area contributed by atoms with Gasteiger partial charge in [0, 0.05) is 5.56 Å². The Balaban J connectivity index is 2.30. The number of hydrogen-bond acceptors (Lipinski definition) is 1. The minimum Gasteiger partial charge on any atom is -0.374 e. The number of rotatable bonds is 1. The van der Waals surface area contributed by atoms with Crippen molar-refractivity contribution in [2.24, 2.45) is 0 Å². The molecule has 2 rings (SSSR count). The Morgan fingerprint density at radius 3 is 2.39 bits per heavy atom. The van der Waals surface area contributed by atoms with Crippen molar-refractivity contribution in [2.45, 2.75) is 19.4 Å². The summed E-state index contributed by atoms with van der Waals surface area (Å²) < 4.78 is 0. The molecule has 0 aliphatic heterocycles. The molecule has 0 saturated carbocycles. The Morgan fingerprint density at radius 1 is 1.00 bits per heavy atom. The van der Waals surface area contributed by atoms with E-state index in [1.54, 1.807) is 6.92 Å². The third-order valence-corrected chi connectivity index (χ3v) is 2.80. The molecule has 0 spiro atoms. The van der Waals surface area contributed by atoms with Crippen LogP contribution in [-0.2, 0) is 5.60 Å². The molecule has 0 radical (unpaired) electrons. The van der Waals surface area contributed by atoms with Crippen LogP contribution >= 0.6 is 0 Å². The number of hydrogen-bond donors (Lipinski definition) is 1. The van der Waals surface area contributed by atoms with Crippen molar-refractivity contribution in [1.29, 1.82) is 0 Å². The van der Waals surface area contributed by atoms with Crippen LogP contribution in [0.4, 0.5) is 0 Å². The summed E-state index contributed by atoms with van der Waals surface area (Å²) in [4.78, 5) is 0. The molecule has 0 aromatic heterocycles. The van der Waals surface area contributed by atoms with E-state index in [-0.39, 0.29) is 0 Å². The van der Waals surface area contributed by atoms with Crippen LogP contribution in [0.5, 0.6) is 0 Å². The quantitative estimate of drug-likeness (QED) is 0.753. The second-order valence-electron chi connectivity index (χ2n) is 4.56. The maximum Gasteiger partial charge on any atom is 0.148 e. The predicted molar refractivity (Wildman–Crippen MR) is 74.1 cm³/mol. The van der Waals surface area contributed by atoms with Gasteiger partial charge in [0.2, 0.25) is 0 Å². The van der Waals surface area contributed by atoms with E-state index in [4.69, 9.17) is 0 Å². The van der Waals surface area contributed by atoms with Gasteiger partial charge < -0.3 is 5.11 Å². The number of aliphatic hydroxyl groups is 1. The molecule has 1 heteroatoms. The van der Waals surface area contributed by atoms with Gasteiger partial charge in [0.05, 0.1) is 0 Å². The average molecular weight is 236 g/mol. The summed E-state index contributed by atoms with van der Waals surface area (Å²) in [5, 5.41) is 10.4. The highest BCUT2D eigenvalue weighted by molar-refractivity contribution is 5.40. The molecule has 0 aliphatic rings. The van der Waals surface area contributed by atoms with Gasteiger partial charge in [-0.1, -0.05) is 59.9 Å². The lowest BCUT2D eigenvalue weighted by Gasteiger charge is -2.17. The van der Waals surface area contributed by atoms with Crippen LogP contribution in [0, 0.1) is 18.8 Å². The average Bonchev–Trinajstić information content (AvgIpc) is 2.38. The molecule has 0 bridgehead atoms. The summed E-state index contributed by atoms with van der Waals surface area (Å²) in [5.41, 5.74) is 1.73. The van der Waals surface area contributed by atoms with Crippen LogP contribution in [0.3, 0.4) is 0 Å². The van der Waals surface area contributed by atoms with E-state index >= 15 is 0 Å². The zero-order valence-corrected chi connectivity index (χ0v) is 10.6. The minimum atomic E-state index is -1.12. The summed E-state index contributed by atoms with van der Waals surface area (Å²) in [6.45, 7) is 3.72. The molecule has 18 heavy (non-hydrogen) atoms. The third kappa shape index (κ3) is 3.00. The maximum atomic E-state index is 10.4. The van der Waals surface area contributed by atoms with Gasteiger partial charge in [0.25, 0.3) is 0 Å². The van der Waals surface area contributed by atoms with Crippen molar-refractivity contribution in [2.75, 3.05) is 0 Å². The van der Waals surface area contributed by atoms with Crippen molar-refractivity contribution < 1.29 is 5.11 Å². The van der Waals surface area contributed by atoms with Crippen molar-refractivity contribution in [1.82, 2.24) is 0 Å². The van der Waals surface area contributed by atoms with E-state index in [1.807, 2.05) is 61.5 Å². The fourth-order valence-corrected chi connectivity index (χ4v) is 1.74. The first-order valence-corrected chi connectivity index (χ1v) is 5.96. The second-order valence-corrected chi connectivity index (χ2v) is 4.56. The molecule has 1 N–H and O–H groups in total. The first kappa shape index (κ1) is 12.4. The van der Waals surface area contributed by atoms with Gasteiger partial charge in [0.15, 0.2) is 0 Å². The summed E-state index contributed by atoms with van der Waals surface area (Å²) in [6, 6.07) is 17.5. The van der Waals surface area contributed by atoms with Gasteiger partial charge in [-0.25, -0.2) is 0 Å². The SMILES string of the molecule is Cc1cccc(C(C)(O)C#Cc2ccccc2)c1. The molecule has 2 aromatic rings. The number of benzene rings is 2. The molecule has 0 aliphatic carbocycles. The third-order valence-electron chi connectivity index (χ3n) is 2.80. The maximum absolute atomic E-state index is 10.4. The molecule has 0 saturated heterocycles. The Kier molecular flexibility index (Phi) is 3.50. The van der Waals surface area contributed by atoms with E-state index in [0.717, 1.165) is 16.7 Å². The highest BCUT2D eigenvalue weighted by Gasteiger charge is 2.19. The van der Waals surface area contributed by atoms with Gasteiger partial charge in [-0.3, -0.25) is 0 Å². The van der Waals surface area contributed by atoms with Gasteiger partial charge in [-0.05, 0) is 31.5 Å². The largest absolute Gasteiger partial charge is 0.374 e. The lowest BCUT2D eigenvalue weighted by molar-refractivity contribution is 0.122. The van der Waals surface area contributed by atoms with E-state index in [1.165, 1.54) is 0 Å². The van der Waals surface area contributed by atoms with Crippen LogP contribution in [0.25, 0.3) is 0 Å². The highest BCUT2D eigenvalue weighted by Crippen LogP contribution is 2.20. The minimum absolute atomic E-state index is 0.825. The topological polar surface area (TPSA) is 20.2 Å². The first-order valence-electron chi connectivity index (χ1n) is 5.96. The lowest BCUT2D eigenvalue weighted by atomic mass is 9.95. The van der Waals surface area contributed by atoms with Crippen LogP contribution < -0.4 is 0 Å². The molecule has 1 atom stereocenters. The van der Waals surface area contributed by atoms with Crippen LogP contribution in [0.15, 0.2) is 54.6 Å². The molecule has 1 unspecified atom stereocenters.